The fraction of sp³-hybridized carbons (Fsp3) is 0.703. The van der Waals surface area contributed by atoms with Crippen LogP contribution in [0, 0.1) is 24.7 Å². The average Bonchev–Trinajstić information content (AvgIpc) is 3.66. The van der Waals surface area contributed by atoms with Crippen molar-refractivity contribution in [3.8, 4) is 0 Å². The van der Waals surface area contributed by atoms with E-state index in [9.17, 15) is 24.0 Å². The molecule has 2 fully saturated rings. The Bertz CT molecular complexity index is 1540. The van der Waals surface area contributed by atoms with E-state index in [0.29, 0.717) is 24.3 Å². The molecular formula is C37H56N6O7S2. The number of ether oxygens (including phenoxy) is 2. The number of thiazole rings is 2. The Hall–Kier alpha value is -3.43. The number of esters is 2. The average molecular weight is 761 g/mol. The zero-order chi connectivity index (χ0) is 38.1. The molecule has 6 atom stereocenters. The molecule has 2 N–H and O–H groups in total. The fourth-order valence-corrected chi connectivity index (χ4v) is 8.56. The van der Waals surface area contributed by atoms with E-state index >= 15 is 0 Å². The van der Waals surface area contributed by atoms with E-state index in [1.54, 1.807) is 35.6 Å². The van der Waals surface area contributed by atoms with Crippen molar-refractivity contribution in [2.75, 3.05) is 27.7 Å². The Kier molecular flexibility index (Phi) is 15.1. The summed E-state index contributed by atoms with van der Waals surface area (Å²) in [5.74, 6) is -1.87. The number of likely N-dealkylation sites (N-methyl/N-ethyl adjacent to an activating group) is 2. The summed E-state index contributed by atoms with van der Waals surface area (Å²) in [7, 11) is 5.05. The molecular weight excluding hydrogens is 705 g/mol. The van der Waals surface area contributed by atoms with Crippen molar-refractivity contribution in [2.24, 2.45) is 17.8 Å². The lowest BCUT2D eigenvalue weighted by atomic mass is 9.95. The molecule has 2 aromatic rings. The van der Waals surface area contributed by atoms with E-state index in [0.717, 1.165) is 49.4 Å². The first-order valence-corrected chi connectivity index (χ1v) is 20.1. The lowest BCUT2D eigenvalue weighted by Gasteiger charge is -2.37. The van der Waals surface area contributed by atoms with Crippen LogP contribution in [0.15, 0.2) is 10.8 Å². The third-order valence-electron chi connectivity index (χ3n) is 10.1. The molecule has 1 saturated heterocycles. The van der Waals surface area contributed by atoms with Gasteiger partial charge < -0.3 is 25.0 Å². The summed E-state index contributed by atoms with van der Waals surface area (Å²) in [6.07, 6.45) is 5.62. The summed E-state index contributed by atoms with van der Waals surface area (Å²) in [4.78, 5) is 78.5. The highest BCUT2D eigenvalue weighted by Crippen LogP contribution is 2.36. The van der Waals surface area contributed by atoms with Crippen LogP contribution in [0.5, 0.6) is 0 Å². The Labute approximate surface area is 315 Å². The molecule has 0 unspecified atom stereocenters. The highest BCUT2D eigenvalue weighted by atomic mass is 32.1. The molecule has 0 spiro atoms. The molecule has 0 aromatic carbocycles. The van der Waals surface area contributed by atoms with Gasteiger partial charge in [-0.15, -0.1) is 22.7 Å². The summed E-state index contributed by atoms with van der Waals surface area (Å²) in [6, 6.07) is -1.56. The fourth-order valence-electron chi connectivity index (χ4n) is 6.93. The molecule has 3 amide bonds. The monoisotopic (exact) mass is 760 g/mol. The van der Waals surface area contributed by atoms with Gasteiger partial charge in [-0.05, 0) is 70.9 Å². The number of nitrogens with zero attached hydrogens (tertiary/aromatic N) is 4. The molecule has 1 aliphatic carbocycles. The number of aryl methyl sites for hydroxylation is 2. The second-order valence-electron chi connectivity index (χ2n) is 14.7. The van der Waals surface area contributed by atoms with Crippen molar-refractivity contribution < 1.29 is 33.4 Å². The number of hydrogen-bond donors (Lipinski definition) is 2. The Morgan fingerprint density at radius 1 is 1.02 bits per heavy atom. The summed E-state index contributed by atoms with van der Waals surface area (Å²) in [6.45, 7) is 9.89. The number of hydrogen-bond acceptors (Lipinski definition) is 12. The van der Waals surface area contributed by atoms with Gasteiger partial charge in [0.2, 0.25) is 11.8 Å². The molecule has 15 heteroatoms. The van der Waals surface area contributed by atoms with Crippen molar-refractivity contribution >= 4 is 52.3 Å². The van der Waals surface area contributed by atoms with Gasteiger partial charge in [0.15, 0.2) is 6.10 Å². The number of likely N-dealkylation sites (tertiary alicyclic amines) is 1. The van der Waals surface area contributed by atoms with E-state index in [2.05, 4.69) is 25.5 Å². The minimum Gasteiger partial charge on any atom is -0.469 e. The van der Waals surface area contributed by atoms with Gasteiger partial charge in [0, 0.05) is 55.4 Å². The number of nitrogens with one attached hydrogen (secondary N) is 2. The lowest BCUT2D eigenvalue weighted by Crippen LogP contribution is -2.56. The molecule has 2 aromatic heterocycles. The number of rotatable bonds is 18. The highest BCUT2D eigenvalue weighted by molar-refractivity contribution is 7.10. The van der Waals surface area contributed by atoms with E-state index in [1.807, 2.05) is 33.2 Å². The van der Waals surface area contributed by atoms with Crippen molar-refractivity contribution in [3.05, 3.63) is 32.2 Å². The van der Waals surface area contributed by atoms with Crippen molar-refractivity contribution in [1.29, 1.82) is 0 Å². The minimum atomic E-state index is -0.806. The van der Waals surface area contributed by atoms with Crippen LogP contribution in [0.3, 0.4) is 0 Å². The number of aromatic nitrogens is 2. The van der Waals surface area contributed by atoms with Crippen LogP contribution in [-0.4, -0.2) is 101 Å². The third-order valence-corrected chi connectivity index (χ3v) is 12.1. The van der Waals surface area contributed by atoms with E-state index < -0.39 is 29.9 Å². The molecule has 13 nitrogen and oxygen atoms in total. The van der Waals surface area contributed by atoms with Gasteiger partial charge in [-0.3, -0.25) is 28.9 Å². The SMILES string of the molecule is COC(=O)[C@@H](C)C[C@H](CCc1nc(C)cs1)NC(=O)c1csc([C@@H](C[C@H](C(C)C)N(C)C(=O)[C@@H](NC(=O)[C@H]2CCCCN2C)C2CC2)OC(C)=O)n1. The van der Waals surface area contributed by atoms with E-state index in [1.165, 1.54) is 25.4 Å². The van der Waals surface area contributed by atoms with Crippen LogP contribution in [0.4, 0.5) is 0 Å². The molecule has 52 heavy (non-hydrogen) atoms. The van der Waals surface area contributed by atoms with Crippen LogP contribution in [-0.2, 0) is 35.1 Å². The Balaban J connectivity index is 1.47. The maximum absolute atomic E-state index is 14.1. The molecule has 288 valence electrons. The molecule has 1 saturated carbocycles. The van der Waals surface area contributed by atoms with Gasteiger partial charge >= 0.3 is 11.9 Å². The van der Waals surface area contributed by atoms with Crippen molar-refractivity contribution in [2.45, 2.75) is 123 Å². The summed E-state index contributed by atoms with van der Waals surface area (Å²) >= 11 is 2.77. The summed E-state index contributed by atoms with van der Waals surface area (Å²) in [5.41, 5.74) is 1.11. The van der Waals surface area contributed by atoms with Gasteiger partial charge in [0.25, 0.3) is 5.91 Å². The smallest absolute Gasteiger partial charge is 0.308 e. The molecule has 3 heterocycles. The predicted molar refractivity (Wildman–Crippen MR) is 200 cm³/mol. The van der Waals surface area contributed by atoms with E-state index in [-0.39, 0.29) is 59.9 Å². The zero-order valence-electron chi connectivity index (χ0n) is 31.8. The van der Waals surface area contributed by atoms with Crippen LogP contribution < -0.4 is 10.6 Å². The summed E-state index contributed by atoms with van der Waals surface area (Å²) < 4.78 is 10.7. The van der Waals surface area contributed by atoms with Crippen molar-refractivity contribution in [3.63, 3.8) is 0 Å². The van der Waals surface area contributed by atoms with Gasteiger partial charge in [0.1, 0.15) is 16.7 Å². The van der Waals surface area contributed by atoms with Gasteiger partial charge in [0.05, 0.1) is 24.1 Å². The first-order valence-electron chi connectivity index (χ1n) is 18.4. The highest BCUT2D eigenvalue weighted by Gasteiger charge is 2.42. The van der Waals surface area contributed by atoms with Gasteiger partial charge in [-0.1, -0.05) is 27.2 Å². The van der Waals surface area contributed by atoms with Crippen LogP contribution >= 0.6 is 22.7 Å². The Morgan fingerprint density at radius 2 is 1.75 bits per heavy atom. The zero-order valence-corrected chi connectivity index (χ0v) is 33.4. The van der Waals surface area contributed by atoms with E-state index in [4.69, 9.17) is 9.47 Å². The Morgan fingerprint density at radius 3 is 2.35 bits per heavy atom. The van der Waals surface area contributed by atoms with Crippen LogP contribution in [0.1, 0.15) is 111 Å². The standard InChI is InChI=1S/C37H56N6O7S2/c1-21(2)29(43(7)36(47)32(25-12-13-25)41-34(46)28-11-9-10-16-42(28)6)18-30(50-24(5)44)35-40-27(20-52-35)33(45)39-26(17-22(3)37(48)49-8)14-15-31-38-23(4)19-51-31/h19-22,25-26,28-30,32H,9-18H2,1-8H3,(H,39,45)(H,41,46)/t22-,26-,28+,29+,30+,32-/m0/s1. The number of carbonyl (C=O) groups excluding carboxylic acids is 5. The van der Waals surface area contributed by atoms with Gasteiger partial charge in [-0.25, -0.2) is 9.97 Å². The topological polar surface area (TPSA) is 160 Å². The van der Waals surface area contributed by atoms with Crippen molar-refractivity contribution in [1.82, 2.24) is 30.4 Å². The van der Waals surface area contributed by atoms with Gasteiger partial charge in [-0.2, -0.15) is 0 Å². The van der Waals surface area contributed by atoms with Crippen LogP contribution in [0.25, 0.3) is 0 Å². The molecule has 2 aliphatic rings. The third kappa shape index (κ3) is 11.5. The number of methoxy groups -OCH3 is 1. The number of amides is 3. The maximum atomic E-state index is 14.1. The quantitative estimate of drug-likeness (QED) is 0.204. The summed E-state index contributed by atoms with van der Waals surface area (Å²) in [5, 5.41) is 11.2. The van der Waals surface area contributed by atoms with Crippen LogP contribution in [0.2, 0.25) is 0 Å². The second-order valence-corrected chi connectivity index (χ2v) is 16.6. The lowest BCUT2D eigenvalue weighted by molar-refractivity contribution is -0.149. The largest absolute Gasteiger partial charge is 0.469 e. The maximum Gasteiger partial charge on any atom is 0.308 e. The first-order chi connectivity index (χ1) is 24.7. The second kappa shape index (κ2) is 19.1. The molecule has 0 radical (unpaired) electrons. The number of carbonyl (C=O) groups is 5. The minimum absolute atomic E-state index is 0.0195. The molecule has 0 bridgehead atoms. The predicted octanol–water partition coefficient (Wildman–Crippen LogP) is 4.69. The first kappa shape index (κ1) is 41.3. The molecule has 1 aliphatic heterocycles. The molecule has 4 rings (SSSR count). The number of piperidine rings is 1. The normalized spacial score (nSPS) is 19.2.